The van der Waals surface area contributed by atoms with Crippen molar-refractivity contribution < 1.29 is 9.53 Å². The Hall–Kier alpha value is -2.62. The van der Waals surface area contributed by atoms with Crippen LogP contribution in [0.15, 0.2) is 53.6 Å². The lowest BCUT2D eigenvalue weighted by molar-refractivity contribution is -0.131. The molecule has 25 heavy (non-hydrogen) atoms. The molecule has 0 saturated heterocycles. The molecule has 2 atom stereocenters. The van der Waals surface area contributed by atoms with E-state index in [2.05, 4.69) is 24.3 Å². The molecule has 1 aliphatic heterocycles. The standard InChI is InChI=1S/C21H22N2O2/c1-14(24)23-21(15-7-4-3-5-8-15)19-10-6-9-16-13-17(25-2)11-12-18(16)20(19)22-23/h3-5,7-8,11-13,19,21H,6,9-10H2,1-2H3. The zero-order valence-corrected chi connectivity index (χ0v) is 14.6. The Morgan fingerprint density at radius 1 is 1.20 bits per heavy atom. The minimum Gasteiger partial charge on any atom is -0.497 e. The summed E-state index contributed by atoms with van der Waals surface area (Å²) in [5, 5.41) is 6.46. The van der Waals surface area contributed by atoms with Crippen LogP contribution in [0.5, 0.6) is 5.75 Å². The molecule has 2 aromatic carbocycles. The van der Waals surface area contributed by atoms with Crippen molar-refractivity contribution in [3.05, 3.63) is 65.2 Å². The number of fused-ring (bicyclic) bond motifs is 3. The Bertz CT molecular complexity index is 829. The van der Waals surface area contributed by atoms with E-state index in [1.54, 1.807) is 19.0 Å². The predicted octanol–water partition coefficient (Wildman–Crippen LogP) is 3.96. The van der Waals surface area contributed by atoms with Crippen LogP contribution in [-0.4, -0.2) is 23.7 Å². The lowest BCUT2D eigenvalue weighted by Crippen LogP contribution is -2.29. The summed E-state index contributed by atoms with van der Waals surface area (Å²) in [6, 6.07) is 16.4. The van der Waals surface area contributed by atoms with E-state index in [-0.39, 0.29) is 17.9 Å². The Morgan fingerprint density at radius 2 is 2.00 bits per heavy atom. The average Bonchev–Trinajstić information content (AvgIpc) is 2.93. The molecular formula is C21H22N2O2. The van der Waals surface area contributed by atoms with Crippen LogP contribution in [0.3, 0.4) is 0 Å². The number of carbonyl (C=O) groups is 1. The fourth-order valence-corrected chi connectivity index (χ4v) is 4.08. The number of hydrazone groups is 1. The van der Waals surface area contributed by atoms with Crippen LogP contribution in [0.25, 0.3) is 0 Å². The van der Waals surface area contributed by atoms with Gasteiger partial charge in [-0.15, -0.1) is 0 Å². The molecule has 4 rings (SSSR count). The van der Waals surface area contributed by atoms with Crippen LogP contribution in [0.4, 0.5) is 0 Å². The van der Waals surface area contributed by atoms with Gasteiger partial charge in [-0.05, 0) is 48.6 Å². The quantitative estimate of drug-likeness (QED) is 0.834. The first-order valence-electron chi connectivity index (χ1n) is 8.79. The molecular weight excluding hydrogens is 312 g/mol. The molecule has 1 heterocycles. The second-order valence-electron chi connectivity index (χ2n) is 6.73. The van der Waals surface area contributed by atoms with Crippen molar-refractivity contribution in [3.63, 3.8) is 0 Å². The summed E-state index contributed by atoms with van der Waals surface area (Å²) >= 11 is 0. The molecule has 0 radical (unpaired) electrons. The van der Waals surface area contributed by atoms with Gasteiger partial charge in [0.15, 0.2) is 0 Å². The summed E-state index contributed by atoms with van der Waals surface area (Å²) < 4.78 is 5.38. The summed E-state index contributed by atoms with van der Waals surface area (Å²) in [7, 11) is 1.69. The second kappa shape index (κ2) is 6.36. The Kier molecular flexibility index (Phi) is 4.04. The monoisotopic (exact) mass is 334 g/mol. The molecule has 1 amide bonds. The highest BCUT2D eigenvalue weighted by atomic mass is 16.5. The third-order valence-electron chi connectivity index (χ3n) is 5.22. The van der Waals surface area contributed by atoms with E-state index in [1.807, 2.05) is 24.3 Å². The number of aryl methyl sites for hydroxylation is 1. The van der Waals surface area contributed by atoms with Crippen LogP contribution in [0.2, 0.25) is 0 Å². The van der Waals surface area contributed by atoms with E-state index >= 15 is 0 Å². The van der Waals surface area contributed by atoms with Crippen molar-refractivity contribution in [2.75, 3.05) is 7.11 Å². The van der Waals surface area contributed by atoms with Gasteiger partial charge < -0.3 is 4.74 Å². The molecule has 0 bridgehead atoms. The highest BCUT2D eigenvalue weighted by Gasteiger charge is 2.41. The number of carbonyl (C=O) groups excluding carboxylic acids is 1. The highest BCUT2D eigenvalue weighted by Crippen LogP contribution is 2.43. The number of amides is 1. The van der Waals surface area contributed by atoms with Gasteiger partial charge >= 0.3 is 0 Å². The molecule has 0 saturated carbocycles. The van der Waals surface area contributed by atoms with Crippen molar-refractivity contribution >= 4 is 11.6 Å². The molecule has 1 aliphatic carbocycles. The fourth-order valence-electron chi connectivity index (χ4n) is 4.08. The van der Waals surface area contributed by atoms with E-state index in [0.29, 0.717) is 0 Å². The van der Waals surface area contributed by atoms with Gasteiger partial charge in [-0.1, -0.05) is 30.3 Å². The smallest absolute Gasteiger partial charge is 0.240 e. The van der Waals surface area contributed by atoms with Gasteiger partial charge in [0, 0.05) is 18.4 Å². The first-order valence-corrected chi connectivity index (χ1v) is 8.79. The number of nitrogens with zero attached hydrogens (tertiary/aromatic N) is 2. The maximum Gasteiger partial charge on any atom is 0.240 e. The molecule has 2 aliphatic rings. The van der Waals surface area contributed by atoms with Crippen molar-refractivity contribution in [3.8, 4) is 5.75 Å². The SMILES string of the molecule is COc1ccc2c(c1)CCCC1C2=NN(C(C)=O)C1c1ccccc1. The molecule has 4 heteroatoms. The maximum absolute atomic E-state index is 12.3. The second-order valence-corrected chi connectivity index (χ2v) is 6.73. The molecule has 2 aromatic rings. The van der Waals surface area contributed by atoms with Crippen LogP contribution < -0.4 is 4.74 Å². The maximum atomic E-state index is 12.3. The third-order valence-corrected chi connectivity index (χ3v) is 5.22. The van der Waals surface area contributed by atoms with E-state index in [0.717, 1.165) is 41.9 Å². The highest BCUT2D eigenvalue weighted by molar-refractivity contribution is 6.06. The Morgan fingerprint density at radius 3 is 2.72 bits per heavy atom. The predicted molar refractivity (Wildman–Crippen MR) is 97.7 cm³/mol. The number of rotatable bonds is 2. The van der Waals surface area contributed by atoms with Crippen LogP contribution in [0, 0.1) is 5.92 Å². The summed E-state index contributed by atoms with van der Waals surface area (Å²) in [5.41, 5.74) is 4.61. The lowest BCUT2D eigenvalue weighted by atomic mass is 9.85. The molecule has 128 valence electrons. The molecule has 0 N–H and O–H groups in total. The van der Waals surface area contributed by atoms with Gasteiger partial charge in [0.25, 0.3) is 0 Å². The van der Waals surface area contributed by atoms with Crippen molar-refractivity contribution in [2.45, 2.75) is 32.2 Å². The van der Waals surface area contributed by atoms with Crippen molar-refractivity contribution in [2.24, 2.45) is 11.0 Å². The van der Waals surface area contributed by atoms with Gasteiger partial charge in [-0.3, -0.25) is 4.79 Å². The largest absolute Gasteiger partial charge is 0.497 e. The topological polar surface area (TPSA) is 41.9 Å². The lowest BCUT2D eigenvalue weighted by Gasteiger charge is -2.26. The third kappa shape index (κ3) is 2.72. The summed E-state index contributed by atoms with van der Waals surface area (Å²) in [4.78, 5) is 12.3. The minimum atomic E-state index is -0.0123. The van der Waals surface area contributed by atoms with Gasteiger partial charge in [0.1, 0.15) is 5.75 Å². The first-order chi connectivity index (χ1) is 12.2. The summed E-state index contributed by atoms with van der Waals surface area (Å²) in [6.45, 7) is 1.60. The fraction of sp³-hybridized carbons (Fsp3) is 0.333. The number of benzene rings is 2. The normalized spacial score (nSPS) is 21.8. The zero-order valence-electron chi connectivity index (χ0n) is 14.6. The molecule has 2 unspecified atom stereocenters. The van der Waals surface area contributed by atoms with Gasteiger partial charge in [-0.2, -0.15) is 5.10 Å². The van der Waals surface area contributed by atoms with Gasteiger partial charge in [0.05, 0.1) is 18.9 Å². The molecule has 4 nitrogen and oxygen atoms in total. The minimum absolute atomic E-state index is 0.00973. The van der Waals surface area contributed by atoms with Crippen LogP contribution in [-0.2, 0) is 11.2 Å². The number of methoxy groups -OCH3 is 1. The van der Waals surface area contributed by atoms with Crippen LogP contribution in [0.1, 0.15) is 42.5 Å². The molecule has 0 aromatic heterocycles. The Labute approximate surface area is 148 Å². The first kappa shape index (κ1) is 15.9. The average molecular weight is 334 g/mol. The Balaban J connectivity index is 1.82. The van der Waals surface area contributed by atoms with Crippen molar-refractivity contribution in [1.29, 1.82) is 0 Å². The molecule has 0 fully saturated rings. The number of ether oxygens (including phenoxy) is 1. The molecule has 0 spiro atoms. The van der Waals surface area contributed by atoms with Crippen molar-refractivity contribution in [1.82, 2.24) is 5.01 Å². The summed E-state index contributed by atoms with van der Waals surface area (Å²) in [5.74, 6) is 1.10. The van der Waals surface area contributed by atoms with E-state index in [9.17, 15) is 4.79 Å². The zero-order chi connectivity index (χ0) is 17.4. The van der Waals surface area contributed by atoms with Crippen LogP contribution >= 0.6 is 0 Å². The van der Waals surface area contributed by atoms with E-state index in [1.165, 1.54) is 5.56 Å². The van der Waals surface area contributed by atoms with E-state index in [4.69, 9.17) is 9.84 Å². The number of hydrogen-bond donors (Lipinski definition) is 0. The number of hydrogen-bond acceptors (Lipinski definition) is 3. The van der Waals surface area contributed by atoms with Gasteiger partial charge in [0.2, 0.25) is 5.91 Å². The van der Waals surface area contributed by atoms with Gasteiger partial charge in [-0.25, -0.2) is 5.01 Å². The van der Waals surface area contributed by atoms with E-state index < -0.39 is 0 Å². The summed E-state index contributed by atoms with van der Waals surface area (Å²) in [6.07, 6.45) is 3.13.